The number of nitrogens with two attached hydrogens (primary N) is 3. The Morgan fingerprint density at radius 2 is 2.00 bits per heavy atom. The summed E-state index contributed by atoms with van der Waals surface area (Å²) in [4.78, 5) is 27.5. The number of nitrogens with one attached hydrogen (secondary N) is 1. The van der Waals surface area contributed by atoms with Crippen molar-refractivity contribution in [2.45, 2.75) is 19.9 Å². The fraction of sp³-hybridized carbons (Fsp3) is 0.333. The molecule has 9 nitrogen and oxygen atoms in total. The molecule has 1 aromatic rings. The van der Waals surface area contributed by atoms with Crippen molar-refractivity contribution in [3.05, 3.63) is 10.8 Å². The highest BCUT2D eigenvalue weighted by atomic mass is 35.5. The van der Waals surface area contributed by atoms with Crippen LogP contribution in [0.15, 0.2) is 4.99 Å². The molecule has 0 atom stereocenters. The van der Waals surface area contributed by atoms with Crippen molar-refractivity contribution in [1.29, 1.82) is 0 Å². The van der Waals surface area contributed by atoms with Crippen LogP contribution in [0.2, 0.25) is 5.15 Å². The smallest absolute Gasteiger partial charge is 0.382 e. The van der Waals surface area contributed by atoms with Gasteiger partial charge in [-0.2, -0.15) is 5.48 Å². The van der Waals surface area contributed by atoms with Crippen LogP contribution in [0.1, 0.15) is 24.3 Å². The monoisotopic (exact) mass is 287 g/mol. The zero-order chi connectivity index (χ0) is 14.6. The first-order chi connectivity index (χ1) is 8.81. The highest BCUT2D eigenvalue weighted by Crippen LogP contribution is 2.17. The number of halogens is 1. The number of carbonyl (C=O) groups excluding carboxylic acids is 1. The third-order valence-corrected chi connectivity index (χ3v) is 2.02. The van der Waals surface area contributed by atoms with Gasteiger partial charge in [-0.05, 0) is 13.8 Å². The summed E-state index contributed by atoms with van der Waals surface area (Å²) in [5, 5.41) is -0.148. The Bertz CT molecular complexity index is 518. The summed E-state index contributed by atoms with van der Waals surface area (Å²) in [6.07, 6.45) is 0. The Hall–Kier alpha value is -2.29. The van der Waals surface area contributed by atoms with Gasteiger partial charge < -0.3 is 22.0 Å². The van der Waals surface area contributed by atoms with Crippen molar-refractivity contribution in [2.24, 2.45) is 10.7 Å². The summed E-state index contributed by atoms with van der Waals surface area (Å²) in [6, 6.07) is -0.0537. The second-order valence-electron chi connectivity index (χ2n) is 3.73. The average Bonchev–Trinajstić information content (AvgIpc) is 2.30. The van der Waals surface area contributed by atoms with E-state index in [1.807, 2.05) is 0 Å². The lowest BCUT2D eigenvalue weighted by Gasteiger charge is -2.08. The molecule has 0 aliphatic carbocycles. The van der Waals surface area contributed by atoms with Crippen LogP contribution in [0.25, 0.3) is 0 Å². The number of guanidine groups is 1. The van der Waals surface area contributed by atoms with Gasteiger partial charge in [0, 0.05) is 6.04 Å². The lowest BCUT2D eigenvalue weighted by molar-refractivity contribution is 0.0377. The van der Waals surface area contributed by atoms with Gasteiger partial charge >= 0.3 is 5.97 Å². The summed E-state index contributed by atoms with van der Waals surface area (Å²) in [7, 11) is 0. The molecule has 104 valence electrons. The number of anilines is 2. The molecule has 0 aromatic carbocycles. The molecule has 10 heteroatoms. The summed E-state index contributed by atoms with van der Waals surface area (Å²) < 4.78 is 0. The lowest BCUT2D eigenvalue weighted by atomic mass is 10.4. The van der Waals surface area contributed by atoms with Crippen molar-refractivity contribution in [3.63, 3.8) is 0 Å². The van der Waals surface area contributed by atoms with E-state index in [2.05, 4.69) is 25.3 Å². The van der Waals surface area contributed by atoms with Crippen LogP contribution in [0.3, 0.4) is 0 Å². The van der Waals surface area contributed by atoms with Gasteiger partial charge in [-0.3, -0.25) is 0 Å². The maximum atomic E-state index is 11.6. The number of hydrogen-bond donors (Lipinski definition) is 4. The van der Waals surface area contributed by atoms with Crippen LogP contribution >= 0.6 is 11.6 Å². The molecular formula is C9H14ClN7O2. The van der Waals surface area contributed by atoms with E-state index in [0.29, 0.717) is 0 Å². The summed E-state index contributed by atoms with van der Waals surface area (Å²) in [5.41, 5.74) is 18.2. The van der Waals surface area contributed by atoms with Crippen molar-refractivity contribution < 1.29 is 9.63 Å². The normalized spacial score (nSPS) is 11.5. The van der Waals surface area contributed by atoms with Crippen LogP contribution in [-0.2, 0) is 4.84 Å². The number of aliphatic imine (C=N–C) groups is 1. The topological polar surface area (TPSA) is 155 Å². The van der Waals surface area contributed by atoms with Crippen molar-refractivity contribution >= 4 is 35.2 Å². The van der Waals surface area contributed by atoms with E-state index in [4.69, 9.17) is 28.8 Å². The Labute approximate surface area is 114 Å². The molecule has 1 aromatic heterocycles. The molecule has 0 radical (unpaired) electrons. The fourth-order valence-electron chi connectivity index (χ4n) is 1.04. The van der Waals surface area contributed by atoms with Gasteiger partial charge in [-0.15, -0.1) is 0 Å². The molecule has 0 bridgehead atoms. The maximum absolute atomic E-state index is 11.6. The Morgan fingerprint density at radius 1 is 1.37 bits per heavy atom. The Morgan fingerprint density at radius 3 is 2.58 bits per heavy atom. The van der Waals surface area contributed by atoms with E-state index in [1.54, 1.807) is 13.8 Å². The number of carbonyl (C=O) groups is 1. The van der Waals surface area contributed by atoms with Crippen LogP contribution < -0.4 is 22.7 Å². The molecular weight excluding hydrogens is 274 g/mol. The molecule has 0 unspecified atom stereocenters. The molecule has 0 aliphatic heterocycles. The van der Waals surface area contributed by atoms with Gasteiger partial charge in [0.25, 0.3) is 0 Å². The largest absolute Gasteiger partial charge is 0.385 e. The minimum Gasteiger partial charge on any atom is -0.382 e. The first-order valence-corrected chi connectivity index (χ1v) is 5.58. The quantitative estimate of drug-likeness (QED) is 0.328. The first-order valence-electron chi connectivity index (χ1n) is 5.20. The maximum Gasteiger partial charge on any atom is 0.385 e. The summed E-state index contributed by atoms with van der Waals surface area (Å²) >= 11 is 5.63. The SMILES string of the molecule is CC(C)N=C(N)NOC(=O)c1nc(Cl)c(N)nc1N. The highest BCUT2D eigenvalue weighted by Gasteiger charge is 2.18. The van der Waals surface area contributed by atoms with Crippen molar-refractivity contribution in [1.82, 2.24) is 15.4 Å². The van der Waals surface area contributed by atoms with E-state index >= 15 is 0 Å². The van der Waals surface area contributed by atoms with Crippen LogP contribution in [0.4, 0.5) is 11.6 Å². The number of nitrogens with zero attached hydrogens (tertiary/aromatic N) is 3. The number of hydrogen-bond acceptors (Lipinski definition) is 7. The molecule has 1 rings (SSSR count). The van der Waals surface area contributed by atoms with Gasteiger partial charge in [-0.25, -0.2) is 19.8 Å². The Balaban J connectivity index is 2.77. The minimum atomic E-state index is -0.909. The van der Waals surface area contributed by atoms with E-state index in [1.165, 1.54) is 0 Å². The summed E-state index contributed by atoms with van der Waals surface area (Å²) in [5.74, 6) is -1.25. The third-order valence-electron chi connectivity index (χ3n) is 1.74. The van der Waals surface area contributed by atoms with Crippen LogP contribution in [0, 0.1) is 0 Å². The molecule has 7 N–H and O–H groups in total. The molecule has 1 heterocycles. The molecule has 0 saturated carbocycles. The number of hydroxylamine groups is 1. The van der Waals surface area contributed by atoms with E-state index in [0.717, 1.165) is 0 Å². The molecule has 0 saturated heterocycles. The predicted octanol–water partition coefficient (Wildman–Crippen LogP) is -0.321. The molecule has 19 heavy (non-hydrogen) atoms. The van der Waals surface area contributed by atoms with Crippen LogP contribution in [0.5, 0.6) is 0 Å². The second kappa shape index (κ2) is 6.05. The van der Waals surface area contributed by atoms with Crippen molar-refractivity contribution in [3.8, 4) is 0 Å². The second-order valence-corrected chi connectivity index (χ2v) is 4.09. The fourth-order valence-corrected chi connectivity index (χ4v) is 1.17. The average molecular weight is 288 g/mol. The van der Waals surface area contributed by atoms with Gasteiger partial charge in [0.1, 0.15) is 0 Å². The van der Waals surface area contributed by atoms with E-state index < -0.39 is 5.97 Å². The zero-order valence-corrected chi connectivity index (χ0v) is 11.1. The summed E-state index contributed by atoms with van der Waals surface area (Å²) in [6.45, 7) is 3.61. The third kappa shape index (κ3) is 4.14. The number of nitrogen functional groups attached to an aromatic ring is 2. The highest BCUT2D eigenvalue weighted by molar-refractivity contribution is 6.31. The minimum absolute atomic E-state index is 0.0537. The zero-order valence-electron chi connectivity index (χ0n) is 10.3. The number of aromatic nitrogens is 2. The van der Waals surface area contributed by atoms with E-state index in [-0.39, 0.29) is 34.5 Å². The first kappa shape index (κ1) is 14.8. The van der Waals surface area contributed by atoms with Crippen LogP contribution in [-0.4, -0.2) is 27.9 Å². The number of rotatable bonds is 2. The predicted molar refractivity (Wildman–Crippen MR) is 71.2 cm³/mol. The molecule has 0 spiro atoms. The molecule has 0 fully saturated rings. The standard InChI is InChI=1S/C9H14ClN7O2/c1-3(2)14-9(13)17-19-8(18)4-6(11)16-7(12)5(10)15-4/h3H,1-2H3,(H4,11,12,16)(H3,13,14,17). The van der Waals surface area contributed by atoms with Gasteiger partial charge in [0.05, 0.1) is 0 Å². The van der Waals surface area contributed by atoms with Gasteiger partial charge in [0.15, 0.2) is 22.5 Å². The van der Waals surface area contributed by atoms with E-state index in [9.17, 15) is 4.79 Å². The lowest BCUT2D eigenvalue weighted by Crippen LogP contribution is -2.35. The molecule has 0 amide bonds. The molecule has 0 aliphatic rings. The van der Waals surface area contributed by atoms with Gasteiger partial charge in [0.2, 0.25) is 5.96 Å². The van der Waals surface area contributed by atoms with Gasteiger partial charge in [-0.1, -0.05) is 11.6 Å². The Kier molecular flexibility index (Phi) is 4.70. The van der Waals surface area contributed by atoms with Crippen molar-refractivity contribution in [2.75, 3.05) is 11.5 Å².